The highest BCUT2D eigenvalue weighted by Crippen LogP contribution is 2.27. The molecule has 0 saturated heterocycles. The van der Waals surface area contributed by atoms with Crippen LogP contribution < -0.4 is 5.73 Å². The van der Waals surface area contributed by atoms with E-state index in [4.69, 9.17) is 5.73 Å². The van der Waals surface area contributed by atoms with Crippen molar-refractivity contribution in [3.05, 3.63) is 42.1 Å². The number of nitrogens with zero attached hydrogens (tertiary/aromatic N) is 2. The molecule has 0 aliphatic rings. The first-order valence-corrected chi connectivity index (χ1v) is 7.09. The Kier molecular flexibility index (Phi) is 3.26. The third-order valence-corrected chi connectivity index (χ3v) is 3.65. The highest BCUT2D eigenvalue weighted by Gasteiger charge is 2.13. The lowest BCUT2D eigenvalue weighted by Crippen LogP contribution is -2.19. The predicted molar refractivity (Wildman–Crippen MR) is 86.1 cm³/mol. The van der Waals surface area contributed by atoms with Crippen LogP contribution in [0.5, 0.6) is 0 Å². The normalized spacial score (nSPS) is 12.1. The van der Waals surface area contributed by atoms with Gasteiger partial charge in [-0.15, -0.1) is 0 Å². The van der Waals surface area contributed by atoms with E-state index >= 15 is 0 Å². The first-order chi connectivity index (χ1) is 9.94. The lowest BCUT2D eigenvalue weighted by molar-refractivity contribution is 0.0714. The molecule has 0 amide bonds. The number of para-hydroxylation sites is 1. The molecule has 0 spiro atoms. The Morgan fingerprint density at radius 1 is 1.19 bits per heavy atom. The Morgan fingerprint density at radius 2 is 1.95 bits per heavy atom. The van der Waals surface area contributed by atoms with Gasteiger partial charge in [0.05, 0.1) is 11.1 Å². The average Bonchev–Trinajstić information content (AvgIpc) is 2.44. The second-order valence-electron chi connectivity index (χ2n) is 6.07. The molecule has 108 valence electrons. The lowest BCUT2D eigenvalue weighted by atomic mass is 9.98. The summed E-state index contributed by atoms with van der Waals surface area (Å²) in [6, 6.07) is 10.0. The summed E-state index contributed by atoms with van der Waals surface area (Å²) in [6.07, 6.45) is 3.29. The Balaban J connectivity index is 2.13. The van der Waals surface area contributed by atoms with Crippen molar-refractivity contribution in [2.45, 2.75) is 32.3 Å². The number of aliphatic hydroxyl groups is 1. The van der Waals surface area contributed by atoms with Gasteiger partial charge in [-0.05, 0) is 44.4 Å². The predicted octanol–water partition coefficient (Wildman–Crippen LogP) is 3.07. The molecule has 3 N–H and O–H groups in total. The Bertz CT molecular complexity index is 806. The van der Waals surface area contributed by atoms with Gasteiger partial charge in [0.1, 0.15) is 5.52 Å². The van der Waals surface area contributed by atoms with Gasteiger partial charge in [-0.3, -0.25) is 4.98 Å². The number of pyridine rings is 2. The highest BCUT2D eigenvalue weighted by molar-refractivity contribution is 6.08. The maximum absolute atomic E-state index is 9.86. The molecule has 0 aliphatic heterocycles. The van der Waals surface area contributed by atoms with Gasteiger partial charge >= 0.3 is 0 Å². The summed E-state index contributed by atoms with van der Waals surface area (Å²) >= 11 is 0. The fraction of sp³-hybridized carbons (Fsp3) is 0.294. The second-order valence-corrected chi connectivity index (χ2v) is 6.07. The molecule has 1 aromatic carbocycles. The summed E-state index contributed by atoms with van der Waals surface area (Å²) in [5, 5.41) is 11.9. The van der Waals surface area contributed by atoms with Crippen molar-refractivity contribution in [3.8, 4) is 0 Å². The summed E-state index contributed by atoms with van der Waals surface area (Å²) in [4.78, 5) is 8.86. The minimum absolute atomic E-state index is 0.456. The molecule has 2 heterocycles. The molecule has 3 rings (SSSR count). The van der Waals surface area contributed by atoms with Crippen LogP contribution in [0.1, 0.15) is 25.8 Å². The fourth-order valence-corrected chi connectivity index (χ4v) is 2.49. The zero-order valence-corrected chi connectivity index (χ0v) is 12.3. The van der Waals surface area contributed by atoms with E-state index in [1.165, 1.54) is 0 Å². The summed E-state index contributed by atoms with van der Waals surface area (Å²) < 4.78 is 0. The number of fused-ring (bicyclic) bond motifs is 3. The number of hydrogen-bond acceptors (Lipinski definition) is 4. The molecule has 4 heteroatoms. The molecule has 21 heavy (non-hydrogen) atoms. The van der Waals surface area contributed by atoms with Crippen molar-refractivity contribution in [2.75, 3.05) is 5.73 Å². The van der Waals surface area contributed by atoms with Gasteiger partial charge in [-0.2, -0.15) is 0 Å². The van der Waals surface area contributed by atoms with Crippen LogP contribution in [0.25, 0.3) is 21.8 Å². The summed E-state index contributed by atoms with van der Waals surface area (Å²) in [5.41, 5.74) is 8.04. The highest BCUT2D eigenvalue weighted by atomic mass is 16.3. The lowest BCUT2D eigenvalue weighted by Gasteiger charge is -2.16. The molecule has 4 nitrogen and oxygen atoms in total. The number of aryl methyl sites for hydroxylation is 1. The van der Waals surface area contributed by atoms with Gasteiger partial charge in [-0.25, -0.2) is 4.98 Å². The van der Waals surface area contributed by atoms with E-state index in [0.29, 0.717) is 12.2 Å². The molecule has 0 unspecified atom stereocenters. The van der Waals surface area contributed by atoms with Crippen LogP contribution in [0.3, 0.4) is 0 Å². The molecule has 0 saturated carbocycles. The van der Waals surface area contributed by atoms with E-state index < -0.39 is 5.60 Å². The number of rotatable bonds is 3. The van der Waals surface area contributed by atoms with Crippen molar-refractivity contribution in [2.24, 2.45) is 0 Å². The molecular weight excluding hydrogens is 262 g/mol. The largest absolute Gasteiger partial charge is 0.390 e. The van der Waals surface area contributed by atoms with Gasteiger partial charge in [0, 0.05) is 17.0 Å². The van der Waals surface area contributed by atoms with Gasteiger partial charge < -0.3 is 10.8 Å². The quantitative estimate of drug-likeness (QED) is 0.724. The maximum Gasteiger partial charge on any atom is 0.150 e. The molecule has 0 bridgehead atoms. The van der Waals surface area contributed by atoms with Gasteiger partial charge in [-0.1, -0.05) is 18.2 Å². The third kappa shape index (κ3) is 2.81. The average molecular weight is 281 g/mol. The maximum atomic E-state index is 9.86. The van der Waals surface area contributed by atoms with E-state index in [-0.39, 0.29) is 0 Å². The molecule has 0 aliphatic carbocycles. The molecular formula is C17H19N3O. The Morgan fingerprint density at radius 3 is 2.71 bits per heavy atom. The zero-order valence-electron chi connectivity index (χ0n) is 12.3. The molecule has 0 radical (unpaired) electrons. The van der Waals surface area contributed by atoms with Gasteiger partial charge in [0.25, 0.3) is 0 Å². The third-order valence-electron chi connectivity index (χ3n) is 3.65. The number of aromatic nitrogens is 2. The van der Waals surface area contributed by atoms with E-state index in [2.05, 4.69) is 16.0 Å². The fourth-order valence-electron chi connectivity index (χ4n) is 2.49. The second kappa shape index (κ2) is 4.97. The minimum atomic E-state index is -0.672. The SMILES string of the molecule is CC(C)(O)CCc1cnc2c(N)nc3ccccc3c2c1. The summed E-state index contributed by atoms with van der Waals surface area (Å²) in [6.45, 7) is 3.64. The van der Waals surface area contributed by atoms with E-state index in [9.17, 15) is 5.11 Å². The Labute approximate surface area is 123 Å². The van der Waals surface area contributed by atoms with Crippen LogP contribution in [0.2, 0.25) is 0 Å². The number of benzene rings is 1. The van der Waals surface area contributed by atoms with E-state index in [1.807, 2.05) is 44.3 Å². The monoisotopic (exact) mass is 281 g/mol. The summed E-state index contributed by atoms with van der Waals surface area (Å²) in [7, 11) is 0. The summed E-state index contributed by atoms with van der Waals surface area (Å²) in [5.74, 6) is 0.456. The van der Waals surface area contributed by atoms with Gasteiger partial charge in [0.15, 0.2) is 5.82 Å². The van der Waals surface area contributed by atoms with Crippen LogP contribution in [-0.4, -0.2) is 20.7 Å². The van der Waals surface area contributed by atoms with Crippen molar-refractivity contribution < 1.29 is 5.11 Å². The smallest absolute Gasteiger partial charge is 0.150 e. The van der Waals surface area contributed by atoms with Crippen molar-refractivity contribution in [1.29, 1.82) is 0 Å². The Hall–Kier alpha value is -2.20. The molecule has 3 aromatic rings. The number of nitrogens with two attached hydrogens (primary N) is 1. The van der Waals surface area contributed by atoms with Gasteiger partial charge in [0.2, 0.25) is 0 Å². The van der Waals surface area contributed by atoms with Crippen LogP contribution in [0.15, 0.2) is 36.5 Å². The topological polar surface area (TPSA) is 72.0 Å². The first kappa shape index (κ1) is 13.8. The van der Waals surface area contributed by atoms with Crippen LogP contribution in [-0.2, 0) is 6.42 Å². The zero-order chi connectivity index (χ0) is 15.0. The van der Waals surface area contributed by atoms with Crippen molar-refractivity contribution in [3.63, 3.8) is 0 Å². The number of anilines is 1. The van der Waals surface area contributed by atoms with Crippen LogP contribution >= 0.6 is 0 Å². The molecule has 2 aromatic heterocycles. The standard InChI is InChI=1S/C17H19N3O/c1-17(2,21)8-7-11-9-13-12-5-3-4-6-14(12)20-16(18)15(13)19-10-11/h3-6,9-10,21H,7-8H2,1-2H3,(H2,18,20). The molecule has 0 atom stereocenters. The van der Waals surface area contributed by atoms with Crippen LogP contribution in [0.4, 0.5) is 5.82 Å². The van der Waals surface area contributed by atoms with E-state index in [0.717, 1.165) is 33.8 Å². The van der Waals surface area contributed by atoms with E-state index in [1.54, 1.807) is 0 Å². The minimum Gasteiger partial charge on any atom is -0.390 e. The molecule has 0 fully saturated rings. The van der Waals surface area contributed by atoms with Crippen molar-refractivity contribution >= 4 is 27.6 Å². The first-order valence-electron chi connectivity index (χ1n) is 7.09. The van der Waals surface area contributed by atoms with Crippen molar-refractivity contribution in [1.82, 2.24) is 9.97 Å². The number of nitrogen functional groups attached to an aromatic ring is 1. The van der Waals surface area contributed by atoms with Crippen LogP contribution in [0, 0.1) is 0 Å². The number of hydrogen-bond donors (Lipinski definition) is 2.